The second-order valence-electron chi connectivity index (χ2n) is 5.28. The number of carbonyl (C=O) groups is 2. The number of hydrogen-bond donors (Lipinski definition) is 1. The number of aryl methyl sites for hydroxylation is 1. The fraction of sp³-hybridized carbons (Fsp3) is 0.500. The molecule has 1 fully saturated rings. The molecule has 0 aromatic carbocycles. The monoisotopic (exact) mass is 261 g/mol. The van der Waals surface area contributed by atoms with Crippen LogP contribution in [-0.4, -0.2) is 28.9 Å². The molecule has 2 unspecified atom stereocenters. The minimum absolute atomic E-state index is 0.0587. The molecule has 19 heavy (non-hydrogen) atoms. The van der Waals surface area contributed by atoms with E-state index in [-0.39, 0.29) is 17.7 Å². The Bertz CT molecular complexity index is 513. The Kier molecular flexibility index (Phi) is 3.55. The summed E-state index contributed by atoms with van der Waals surface area (Å²) in [6.07, 6.45) is 3.32. The fourth-order valence-electron chi connectivity index (χ4n) is 2.28. The molecule has 0 saturated carbocycles. The predicted molar refractivity (Wildman–Crippen MR) is 72.7 cm³/mol. The van der Waals surface area contributed by atoms with Crippen LogP contribution in [0.25, 0.3) is 0 Å². The fourth-order valence-corrected chi connectivity index (χ4v) is 2.28. The van der Waals surface area contributed by atoms with Gasteiger partial charge in [-0.05, 0) is 31.4 Å². The molecule has 1 saturated heterocycles. The van der Waals surface area contributed by atoms with Crippen LogP contribution in [0.4, 0.5) is 5.69 Å². The molecule has 1 aromatic heterocycles. The van der Waals surface area contributed by atoms with Crippen molar-refractivity contribution in [3.05, 3.63) is 24.0 Å². The zero-order chi connectivity index (χ0) is 14.2. The molecule has 0 spiro atoms. The average molecular weight is 261 g/mol. The third-order valence-electron chi connectivity index (χ3n) is 3.51. The third kappa shape index (κ3) is 2.32. The summed E-state index contributed by atoms with van der Waals surface area (Å²) in [5.41, 5.74) is 1.65. The van der Waals surface area contributed by atoms with Gasteiger partial charge in [0.1, 0.15) is 12.1 Å². The molecule has 1 aromatic rings. The van der Waals surface area contributed by atoms with Crippen molar-refractivity contribution in [3.63, 3.8) is 0 Å². The Morgan fingerprint density at radius 3 is 2.63 bits per heavy atom. The molecule has 1 aliphatic heterocycles. The third-order valence-corrected chi connectivity index (χ3v) is 3.51. The summed E-state index contributed by atoms with van der Waals surface area (Å²) in [4.78, 5) is 30.2. The highest BCUT2D eigenvalue weighted by Crippen LogP contribution is 2.25. The van der Waals surface area contributed by atoms with Crippen LogP contribution in [0.2, 0.25) is 0 Å². The first-order valence-corrected chi connectivity index (χ1v) is 6.47. The Morgan fingerprint density at radius 2 is 2.05 bits per heavy atom. The lowest BCUT2D eigenvalue weighted by Gasteiger charge is -2.39. The number of hydrogen-bond acceptors (Lipinski definition) is 3. The largest absolute Gasteiger partial charge is 0.342 e. The summed E-state index contributed by atoms with van der Waals surface area (Å²) in [5.74, 6) is -0.136. The van der Waals surface area contributed by atoms with Crippen molar-refractivity contribution in [1.29, 1.82) is 0 Å². The van der Waals surface area contributed by atoms with Crippen molar-refractivity contribution >= 4 is 17.5 Å². The van der Waals surface area contributed by atoms with Gasteiger partial charge in [0.25, 0.3) is 5.91 Å². The van der Waals surface area contributed by atoms with E-state index in [1.54, 1.807) is 24.2 Å². The number of amides is 2. The van der Waals surface area contributed by atoms with Crippen molar-refractivity contribution in [3.8, 4) is 0 Å². The number of nitrogens with zero attached hydrogens (tertiary/aromatic N) is 2. The molecule has 0 radical (unpaired) electrons. The Labute approximate surface area is 113 Å². The first kappa shape index (κ1) is 13.5. The van der Waals surface area contributed by atoms with Gasteiger partial charge in [-0.2, -0.15) is 0 Å². The summed E-state index contributed by atoms with van der Waals surface area (Å²) in [7, 11) is 0. The molecule has 102 valence electrons. The van der Waals surface area contributed by atoms with E-state index in [2.05, 4.69) is 10.3 Å². The maximum Gasteiger partial charge on any atom is 0.250 e. The summed E-state index contributed by atoms with van der Waals surface area (Å²) in [6.45, 7) is 7.49. The molecular weight excluding hydrogens is 242 g/mol. The van der Waals surface area contributed by atoms with E-state index in [0.717, 1.165) is 5.56 Å². The van der Waals surface area contributed by atoms with E-state index < -0.39 is 12.1 Å². The van der Waals surface area contributed by atoms with Crippen LogP contribution in [0.1, 0.15) is 26.3 Å². The van der Waals surface area contributed by atoms with Crippen molar-refractivity contribution in [2.24, 2.45) is 5.92 Å². The van der Waals surface area contributed by atoms with E-state index in [1.807, 2.05) is 26.8 Å². The number of carbonyl (C=O) groups excluding carboxylic acids is 2. The molecular formula is C14H19N3O2. The number of rotatable bonds is 2. The number of aromatic nitrogens is 1. The lowest BCUT2D eigenvalue weighted by Crippen LogP contribution is -2.64. The molecule has 5 nitrogen and oxygen atoms in total. The number of nitrogens with one attached hydrogen (secondary N) is 1. The summed E-state index contributed by atoms with van der Waals surface area (Å²) < 4.78 is 0. The van der Waals surface area contributed by atoms with Gasteiger partial charge in [0.2, 0.25) is 5.91 Å². The van der Waals surface area contributed by atoms with Gasteiger partial charge < -0.3 is 5.32 Å². The van der Waals surface area contributed by atoms with Crippen LogP contribution in [0, 0.1) is 12.8 Å². The number of piperazine rings is 1. The molecule has 0 aliphatic carbocycles. The van der Waals surface area contributed by atoms with Crippen molar-refractivity contribution in [2.45, 2.75) is 39.8 Å². The molecule has 1 N–H and O–H groups in total. The Hall–Kier alpha value is -1.91. The van der Waals surface area contributed by atoms with E-state index in [1.165, 1.54) is 0 Å². The zero-order valence-electron chi connectivity index (χ0n) is 11.7. The molecule has 2 atom stereocenters. The van der Waals surface area contributed by atoms with Gasteiger partial charge in [0, 0.05) is 6.20 Å². The van der Waals surface area contributed by atoms with Gasteiger partial charge in [-0.1, -0.05) is 13.8 Å². The number of anilines is 1. The quantitative estimate of drug-likeness (QED) is 0.872. The van der Waals surface area contributed by atoms with Gasteiger partial charge in [-0.25, -0.2) is 0 Å². The normalized spacial score (nSPS) is 23.7. The highest BCUT2D eigenvalue weighted by Gasteiger charge is 2.40. The zero-order valence-corrected chi connectivity index (χ0v) is 11.7. The molecule has 0 bridgehead atoms. The Balaban J connectivity index is 2.44. The van der Waals surface area contributed by atoms with Crippen LogP contribution in [-0.2, 0) is 9.59 Å². The summed E-state index contributed by atoms with van der Waals surface area (Å²) in [6, 6.07) is 0.861. The van der Waals surface area contributed by atoms with Gasteiger partial charge >= 0.3 is 0 Å². The standard InChI is InChI=1S/C14H19N3O2/c1-8(2)12-14(19)17(10(4)13(18)16-12)11-7-15-6-5-9(11)3/h5-8,10,12H,1-4H3,(H,16,18). The first-order chi connectivity index (χ1) is 8.93. The van der Waals surface area contributed by atoms with Crippen LogP contribution in [0.15, 0.2) is 18.5 Å². The lowest BCUT2D eigenvalue weighted by atomic mass is 9.97. The van der Waals surface area contributed by atoms with E-state index in [0.29, 0.717) is 5.69 Å². The second kappa shape index (κ2) is 4.99. The van der Waals surface area contributed by atoms with Gasteiger partial charge in [-0.15, -0.1) is 0 Å². The summed E-state index contributed by atoms with van der Waals surface area (Å²) in [5, 5.41) is 2.78. The highest BCUT2D eigenvalue weighted by molar-refractivity contribution is 6.08. The maximum absolute atomic E-state index is 12.6. The minimum atomic E-state index is -0.509. The first-order valence-electron chi connectivity index (χ1n) is 6.47. The minimum Gasteiger partial charge on any atom is -0.342 e. The Morgan fingerprint density at radius 1 is 1.37 bits per heavy atom. The smallest absolute Gasteiger partial charge is 0.250 e. The average Bonchev–Trinajstić information content (AvgIpc) is 2.36. The van der Waals surface area contributed by atoms with Crippen LogP contribution in [0.5, 0.6) is 0 Å². The van der Waals surface area contributed by atoms with Crippen LogP contribution in [0.3, 0.4) is 0 Å². The second-order valence-corrected chi connectivity index (χ2v) is 5.28. The molecule has 2 amide bonds. The molecule has 1 aliphatic rings. The van der Waals surface area contributed by atoms with E-state index in [9.17, 15) is 9.59 Å². The lowest BCUT2D eigenvalue weighted by molar-refractivity contribution is -0.134. The van der Waals surface area contributed by atoms with Crippen molar-refractivity contribution < 1.29 is 9.59 Å². The van der Waals surface area contributed by atoms with Crippen molar-refractivity contribution in [1.82, 2.24) is 10.3 Å². The van der Waals surface area contributed by atoms with E-state index in [4.69, 9.17) is 0 Å². The molecule has 2 heterocycles. The number of pyridine rings is 1. The van der Waals surface area contributed by atoms with Crippen molar-refractivity contribution in [2.75, 3.05) is 4.90 Å². The van der Waals surface area contributed by atoms with E-state index >= 15 is 0 Å². The topological polar surface area (TPSA) is 62.3 Å². The van der Waals surface area contributed by atoms with Gasteiger partial charge in [0.15, 0.2) is 0 Å². The summed E-state index contributed by atoms with van der Waals surface area (Å²) >= 11 is 0. The van der Waals surface area contributed by atoms with Crippen LogP contribution >= 0.6 is 0 Å². The molecule has 5 heteroatoms. The SMILES string of the molecule is Cc1ccncc1N1C(=O)C(C(C)C)NC(=O)C1C. The van der Waals surface area contributed by atoms with Gasteiger partial charge in [-0.3, -0.25) is 19.5 Å². The van der Waals surface area contributed by atoms with Crippen LogP contribution < -0.4 is 10.2 Å². The molecule has 2 rings (SSSR count). The van der Waals surface area contributed by atoms with Gasteiger partial charge in [0.05, 0.1) is 11.9 Å². The maximum atomic E-state index is 12.6. The highest BCUT2D eigenvalue weighted by atomic mass is 16.2. The predicted octanol–water partition coefficient (Wildman–Crippen LogP) is 1.27.